The number of amides is 1. The molecule has 0 aromatic heterocycles. The molecular weight excluding hydrogens is 159 g/mol. The Bertz CT molecular complexity index is 174. The summed E-state index contributed by atoms with van der Waals surface area (Å²) in [5, 5.41) is 3.10. The molecule has 1 rings (SSSR count). The van der Waals surface area contributed by atoms with Crippen LogP contribution in [0.15, 0.2) is 0 Å². The molecule has 1 heterocycles. The van der Waals surface area contributed by atoms with E-state index in [1.165, 1.54) is 0 Å². The van der Waals surface area contributed by atoms with E-state index >= 15 is 0 Å². The van der Waals surface area contributed by atoms with E-state index in [0.29, 0.717) is 0 Å². The number of hydrogen-bond donors (Lipinski definition) is 1. The number of nitrogens with one attached hydrogen (secondary N) is 1. The first kappa shape index (κ1) is 9.45. The van der Waals surface area contributed by atoms with Gasteiger partial charge >= 0.3 is 0 Å². The second-order valence-electron chi connectivity index (χ2n) is 3.02. The van der Waals surface area contributed by atoms with E-state index in [2.05, 4.69) is 5.32 Å². The lowest BCUT2D eigenvalue weighted by atomic mass is 10.2. The van der Waals surface area contributed by atoms with Crippen molar-refractivity contribution in [3.63, 3.8) is 0 Å². The standard InChI is InChI=1S/C8H15FN2O/c1-3-7-8(12)11(5-4-9)6(2)10-7/h6-7,10H,3-5H2,1-2H3. The lowest BCUT2D eigenvalue weighted by molar-refractivity contribution is -0.130. The monoisotopic (exact) mass is 174 g/mol. The zero-order chi connectivity index (χ0) is 9.14. The molecule has 0 aliphatic carbocycles. The van der Waals surface area contributed by atoms with Gasteiger partial charge in [0.15, 0.2) is 0 Å². The number of carbonyl (C=O) groups is 1. The predicted molar refractivity (Wildman–Crippen MR) is 44.4 cm³/mol. The van der Waals surface area contributed by atoms with Crippen LogP contribution in [0.1, 0.15) is 20.3 Å². The Morgan fingerprint density at radius 1 is 1.67 bits per heavy atom. The number of alkyl halides is 1. The molecule has 0 aromatic carbocycles. The van der Waals surface area contributed by atoms with Crippen LogP contribution in [-0.4, -0.2) is 36.2 Å². The summed E-state index contributed by atoms with van der Waals surface area (Å²) in [6, 6.07) is -0.105. The first-order valence-corrected chi connectivity index (χ1v) is 4.33. The van der Waals surface area contributed by atoms with E-state index in [1.807, 2.05) is 13.8 Å². The van der Waals surface area contributed by atoms with Crippen molar-refractivity contribution in [1.82, 2.24) is 10.2 Å². The molecule has 2 unspecified atom stereocenters. The molecule has 1 aliphatic heterocycles. The maximum Gasteiger partial charge on any atom is 0.241 e. The Hall–Kier alpha value is -0.640. The van der Waals surface area contributed by atoms with Crippen molar-refractivity contribution < 1.29 is 9.18 Å². The summed E-state index contributed by atoms with van der Waals surface area (Å²) in [6.45, 7) is 3.57. The van der Waals surface area contributed by atoms with Crippen molar-refractivity contribution >= 4 is 5.91 Å². The Morgan fingerprint density at radius 3 is 2.75 bits per heavy atom. The van der Waals surface area contributed by atoms with E-state index in [9.17, 15) is 9.18 Å². The molecule has 1 fully saturated rings. The quantitative estimate of drug-likeness (QED) is 0.676. The van der Waals surface area contributed by atoms with Crippen LogP contribution in [0.25, 0.3) is 0 Å². The number of nitrogens with zero attached hydrogens (tertiary/aromatic N) is 1. The fraction of sp³-hybridized carbons (Fsp3) is 0.875. The van der Waals surface area contributed by atoms with Gasteiger partial charge in [-0.3, -0.25) is 10.1 Å². The lowest BCUT2D eigenvalue weighted by Gasteiger charge is -2.18. The normalized spacial score (nSPS) is 29.9. The summed E-state index contributed by atoms with van der Waals surface area (Å²) in [6.07, 6.45) is 0.754. The van der Waals surface area contributed by atoms with Crippen molar-refractivity contribution in [1.29, 1.82) is 0 Å². The van der Waals surface area contributed by atoms with Crippen molar-refractivity contribution in [2.24, 2.45) is 0 Å². The fourth-order valence-electron chi connectivity index (χ4n) is 1.53. The minimum Gasteiger partial charge on any atom is -0.323 e. The minimum absolute atomic E-state index is 0.0156. The molecule has 3 nitrogen and oxygen atoms in total. The van der Waals surface area contributed by atoms with Gasteiger partial charge in [0.05, 0.1) is 18.8 Å². The minimum atomic E-state index is -0.464. The molecule has 0 saturated carbocycles. The first-order chi connectivity index (χ1) is 5.70. The zero-order valence-electron chi connectivity index (χ0n) is 7.51. The Morgan fingerprint density at radius 2 is 2.33 bits per heavy atom. The number of hydrogen-bond acceptors (Lipinski definition) is 2. The highest BCUT2D eigenvalue weighted by Crippen LogP contribution is 2.11. The highest BCUT2D eigenvalue weighted by Gasteiger charge is 2.34. The number of rotatable bonds is 3. The van der Waals surface area contributed by atoms with Crippen LogP contribution in [0.5, 0.6) is 0 Å². The van der Waals surface area contributed by atoms with Crippen LogP contribution in [-0.2, 0) is 4.79 Å². The molecule has 1 aliphatic rings. The smallest absolute Gasteiger partial charge is 0.241 e. The van der Waals surface area contributed by atoms with Crippen LogP contribution >= 0.6 is 0 Å². The molecule has 0 radical (unpaired) electrons. The van der Waals surface area contributed by atoms with E-state index < -0.39 is 6.67 Å². The SMILES string of the molecule is CCC1NC(C)N(CCF)C1=O. The first-order valence-electron chi connectivity index (χ1n) is 4.33. The third kappa shape index (κ3) is 1.58. The van der Waals surface area contributed by atoms with Gasteiger partial charge in [0, 0.05) is 0 Å². The molecule has 1 N–H and O–H groups in total. The van der Waals surface area contributed by atoms with E-state index in [1.54, 1.807) is 4.90 Å². The highest BCUT2D eigenvalue weighted by atomic mass is 19.1. The van der Waals surface area contributed by atoms with Gasteiger partial charge in [0.1, 0.15) is 6.67 Å². The van der Waals surface area contributed by atoms with Crippen LogP contribution in [0.2, 0.25) is 0 Å². The molecule has 70 valence electrons. The molecule has 4 heteroatoms. The number of halogens is 1. The molecule has 1 saturated heterocycles. The molecule has 0 bridgehead atoms. The van der Waals surface area contributed by atoms with Crippen molar-refractivity contribution in [3.05, 3.63) is 0 Å². The summed E-state index contributed by atoms with van der Waals surface area (Å²) in [7, 11) is 0. The molecule has 0 spiro atoms. The Balaban J connectivity index is 2.57. The summed E-state index contributed by atoms with van der Waals surface area (Å²) in [5.74, 6) is 0.0302. The van der Waals surface area contributed by atoms with Crippen molar-refractivity contribution in [3.8, 4) is 0 Å². The van der Waals surface area contributed by atoms with Crippen LogP contribution in [0, 0.1) is 0 Å². The van der Waals surface area contributed by atoms with Gasteiger partial charge in [-0.05, 0) is 13.3 Å². The number of carbonyl (C=O) groups excluding carboxylic acids is 1. The largest absolute Gasteiger partial charge is 0.323 e. The maximum atomic E-state index is 12.0. The zero-order valence-corrected chi connectivity index (χ0v) is 7.51. The third-order valence-electron chi connectivity index (χ3n) is 2.22. The van der Waals surface area contributed by atoms with Gasteiger partial charge in [0.25, 0.3) is 0 Å². The summed E-state index contributed by atoms with van der Waals surface area (Å²) in [4.78, 5) is 13.0. The molecule has 0 aromatic rings. The summed E-state index contributed by atoms with van der Waals surface area (Å²) < 4.78 is 12.0. The fourth-order valence-corrected chi connectivity index (χ4v) is 1.53. The van der Waals surface area contributed by atoms with E-state index in [0.717, 1.165) is 6.42 Å². The summed E-state index contributed by atoms with van der Waals surface area (Å²) in [5.41, 5.74) is 0. The Kier molecular flexibility index (Phi) is 3.03. The molecule has 1 amide bonds. The topological polar surface area (TPSA) is 32.3 Å². The van der Waals surface area contributed by atoms with Gasteiger partial charge in [-0.25, -0.2) is 4.39 Å². The lowest BCUT2D eigenvalue weighted by Crippen LogP contribution is -2.36. The van der Waals surface area contributed by atoms with Crippen molar-refractivity contribution in [2.45, 2.75) is 32.5 Å². The second kappa shape index (κ2) is 3.85. The van der Waals surface area contributed by atoms with Gasteiger partial charge < -0.3 is 4.90 Å². The predicted octanol–water partition coefficient (Wildman–Crippen LogP) is 0.512. The highest BCUT2D eigenvalue weighted by molar-refractivity contribution is 5.84. The molecule has 12 heavy (non-hydrogen) atoms. The van der Waals surface area contributed by atoms with Gasteiger partial charge in [-0.15, -0.1) is 0 Å². The van der Waals surface area contributed by atoms with Crippen molar-refractivity contribution in [2.75, 3.05) is 13.2 Å². The van der Waals surface area contributed by atoms with Crippen LogP contribution in [0.3, 0.4) is 0 Å². The van der Waals surface area contributed by atoms with Crippen LogP contribution in [0.4, 0.5) is 4.39 Å². The second-order valence-corrected chi connectivity index (χ2v) is 3.02. The van der Waals surface area contributed by atoms with Gasteiger partial charge in [-0.1, -0.05) is 6.92 Å². The average molecular weight is 174 g/mol. The van der Waals surface area contributed by atoms with Gasteiger partial charge in [-0.2, -0.15) is 0 Å². The van der Waals surface area contributed by atoms with E-state index in [4.69, 9.17) is 0 Å². The molecule has 2 atom stereocenters. The van der Waals surface area contributed by atoms with Crippen LogP contribution < -0.4 is 5.32 Å². The van der Waals surface area contributed by atoms with E-state index in [-0.39, 0.29) is 24.7 Å². The average Bonchev–Trinajstić information content (AvgIpc) is 2.32. The Labute approximate surface area is 71.9 Å². The molecular formula is C8H15FN2O. The third-order valence-corrected chi connectivity index (χ3v) is 2.22. The maximum absolute atomic E-state index is 12.0. The summed E-state index contributed by atoms with van der Waals surface area (Å²) >= 11 is 0. The van der Waals surface area contributed by atoms with Gasteiger partial charge in [0.2, 0.25) is 5.91 Å².